The Morgan fingerprint density at radius 3 is 2.13 bits per heavy atom. The largest absolute Gasteiger partial charge is 0.198 e. The van der Waals surface area contributed by atoms with Crippen LogP contribution in [0, 0.1) is 11.3 Å². The fourth-order valence-electron chi connectivity index (χ4n) is 1.13. The molecular formula is C14H21N. The highest BCUT2D eigenvalue weighted by atomic mass is 14.2. The van der Waals surface area contributed by atoms with Crippen LogP contribution in [0.4, 0.5) is 0 Å². The lowest BCUT2D eigenvalue weighted by atomic mass is 10.2. The van der Waals surface area contributed by atoms with E-state index < -0.39 is 0 Å². The first kappa shape index (κ1) is 13.7. The summed E-state index contributed by atoms with van der Waals surface area (Å²) < 4.78 is 0. The molecule has 15 heavy (non-hydrogen) atoms. The van der Waals surface area contributed by atoms with Crippen molar-refractivity contribution in [3.8, 4) is 6.07 Å². The maximum absolute atomic E-state index is 8.32. The quantitative estimate of drug-likeness (QED) is 0.419. The van der Waals surface area contributed by atoms with Crippen LogP contribution in [0.2, 0.25) is 0 Å². The molecule has 0 rings (SSSR count). The molecule has 0 unspecified atom stereocenters. The average molecular weight is 203 g/mol. The van der Waals surface area contributed by atoms with E-state index in [0.717, 1.165) is 32.1 Å². The molecule has 1 nitrogen and oxygen atoms in total. The number of hydrogen-bond acceptors (Lipinski definition) is 1. The highest BCUT2D eigenvalue weighted by Crippen LogP contribution is 1.97. The SMILES string of the molecule is CC/C=C/C/C=C/C/C=C/CCCC#N. The number of unbranched alkanes of at least 4 members (excludes halogenated alkanes) is 2. The molecule has 0 aromatic rings. The Labute approximate surface area is 93.8 Å². The van der Waals surface area contributed by atoms with Gasteiger partial charge in [-0.25, -0.2) is 0 Å². The Balaban J connectivity index is 3.29. The van der Waals surface area contributed by atoms with Crippen LogP contribution in [-0.4, -0.2) is 0 Å². The Hall–Kier alpha value is -1.29. The minimum Gasteiger partial charge on any atom is -0.198 e. The molecule has 0 fully saturated rings. The van der Waals surface area contributed by atoms with Gasteiger partial charge in [0.2, 0.25) is 0 Å². The van der Waals surface area contributed by atoms with Gasteiger partial charge in [-0.1, -0.05) is 43.4 Å². The number of rotatable bonds is 8. The molecule has 0 aliphatic rings. The van der Waals surface area contributed by atoms with Crippen molar-refractivity contribution in [2.75, 3.05) is 0 Å². The maximum Gasteiger partial charge on any atom is 0.0621 e. The molecule has 0 N–H and O–H groups in total. The van der Waals surface area contributed by atoms with Gasteiger partial charge in [-0.15, -0.1) is 0 Å². The van der Waals surface area contributed by atoms with Gasteiger partial charge in [0.05, 0.1) is 6.07 Å². The number of allylic oxidation sites excluding steroid dienone is 6. The lowest BCUT2D eigenvalue weighted by Gasteiger charge is -1.86. The second kappa shape index (κ2) is 12.7. The van der Waals surface area contributed by atoms with Crippen molar-refractivity contribution in [2.24, 2.45) is 0 Å². The molecule has 82 valence electrons. The summed E-state index contributed by atoms with van der Waals surface area (Å²) in [5.41, 5.74) is 0. The fraction of sp³-hybridized carbons (Fsp3) is 0.500. The third-order valence-corrected chi connectivity index (χ3v) is 1.94. The zero-order chi connectivity index (χ0) is 11.2. The monoisotopic (exact) mass is 203 g/mol. The summed E-state index contributed by atoms with van der Waals surface area (Å²) in [7, 11) is 0. The van der Waals surface area contributed by atoms with E-state index in [1.54, 1.807) is 0 Å². The summed E-state index contributed by atoms with van der Waals surface area (Å²) in [4.78, 5) is 0. The Morgan fingerprint density at radius 2 is 1.53 bits per heavy atom. The summed E-state index contributed by atoms with van der Waals surface area (Å²) in [5.74, 6) is 0. The van der Waals surface area contributed by atoms with Crippen LogP contribution in [0.5, 0.6) is 0 Å². The first-order valence-electron chi connectivity index (χ1n) is 5.73. The molecule has 0 aromatic heterocycles. The first-order chi connectivity index (χ1) is 7.41. The average Bonchev–Trinajstić information content (AvgIpc) is 2.26. The van der Waals surface area contributed by atoms with Gasteiger partial charge < -0.3 is 0 Å². The van der Waals surface area contributed by atoms with Crippen molar-refractivity contribution >= 4 is 0 Å². The summed E-state index contributed by atoms with van der Waals surface area (Å²) >= 11 is 0. The first-order valence-corrected chi connectivity index (χ1v) is 5.73. The molecule has 0 amide bonds. The second-order valence-corrected chi connectivity index (χ2v) is 3.34. The smallest absolute Gasteiger partial charge is 0.0621 e. The van der Waals surface area contributed by atoms with Gasteiger partial charge in [0, 0.05) is 6.42 Å². The molecule has 0 aliphatic heterocycles. The van der Waals surface area contributed by atoms with Gasteiger partial charge in [-0.2, -0.15) is 5.26 Å². The van der Waals surface area contributed by atoms with Crippen molar-refractivity contribution < 1.29 is 0 Å². The number of nitrogens with zero attached hydrogens (tertiary/aromatic N) is 1. The zero-order valence-electron chi connectivity index (χ0n) is 9.65. The van der Waals surface area contributed by atoms with E-state index in [4.69, 9.17) is 5.26 Å². The maximum atomic E-state index is 8.32. The van der Waals surface area contributed by atoms with Crippen LogP contribution < -0.4 is 0 Å². The molecule has 0 heterocycles. The fourth-order valence-corrected chi connectivity index (χ4v) is 1.13. The van der Waals surface area contributed by atoms with Crippen LogP contribution in [0.1, 0.15) is 45.4 Å². The minimum absolute atomic E-state index is 0.669. The van der Waals surface area contributed by atoms with Crippen molar-refractivity contribution in [3.05, 3.63) is 36.5 Å². The van der Waals surface area contributed by atoms with E-state index >= 15 is 0 Å². The van der Waals surface area contributed by atoms with Crippen LogP contribution >= 0.6 is 0 Å². The van der Waals surface area contributed by atoms with Gasteiger partial charge in [0.1, 0.15) is 0 Å². The van der Waals surface area contributed by atoms with Crippen molar-refractivity contribution in [3.63, 3.8) is 0 Å². The molecule has 0 bridgehead atoms. The van der Waals surface area contributed by atoms with Crippen molar-refractivity contribution in [1.29, 1.82) is 5.26 Å². The molecular weight excluding hydrogens is 182 g/mol. The third-order valence-electron chi connectivity index (χ3n) is 1.94. The van der Waals surface area contributed by atoms with Gasteiger partial charge >= 0.3 is 0 Å². The minimum atomic E-state index is 0.669. The Kier molecular flexibility index (Phi) is 11.6. The van der Waals surface area contributed by atoms with Gasteiger partial charge in [0.15, 0.2) is 0 Å². The molecule has 0 aromatic carbocycles. The number of hydrogen-bond donors (Lipinski definition) is 0. The summed E-state index contributed by atoms with van der Waals surface area (Å²) in [6.07, 6.45) is 18.9. The summed E-state index contributed by atoms with van der Waals surface area (Å²) in [5, 5.41) is 8.32. The van der Waals surface area contributed by atoms with Gasteiger partial charge in [-0.05, 0) is 32.1 Å². The van der Waals surface area contributed by atoms with Crippen LogP contribution in [0.15, 0.2) is 36.5 Å². The zero-order valence-corrected chi connectivity index (χ0v) is 9.65. The number of nitriles is 1. The molecule has 0 saturated carbocycles. The topological polar surface area (TPSA) is 23.8 Å². The van der Waals surface area contributed by atoms with Crippen LogP contribution in [0.25, 0.3) is 0 Å². The molecule has 0 spiro atoms. The van der Waals surface area contributed by atoms with E-state index in [9.17, 15) is 0 Å². The van der Waals surface area contributed by atoms with E-state index in [2.05, 4.69) is 49.4 Å². The summed E-state index contributed by atoms with van der Waals surface area (Å²) in [6, 6.07) is 2.14. The Bertz CT molecular complexity index is 241. The highest BCUT2D eigenvalue weighted by molar-refractivity contribution is 4.97. The molecule has 1 heteroatoms. The van der Waals surface area contributed by atoms with Crippen molar-refractivity contribution in [1.82, 2.24) is 0 Å². The lowest BCUT2D eigenvalue weighted by molar-refractivity contribution is 0.874. The predicted octanol–water partition coefficient (Wildman–Crippen LogP) is 4.54. The van der Waals surface area contributed by atoms with E-state index in [1.165, 1.54) is 0 Å². The molecule has 0 radical (unpaired) electrons. The predicted molar refractivity (Wildman–Crippen MR) is 66.4 cm³/mol. The van der Waals surface area contributed by atoms with E-state index in [-0.39, 0.29) is 0 Å². The van der Waals surface area contributed by atoms with Crippen LogP contribution in [0.3, 0.4) is 0 Å². The Morgan fingerprint density at radius 1 is 0.933 bits per heavy atom. The highest BCUT2D eigenvalue weighted by Gasteiger charge is 1.80. The van der Waals surface area contributed by atoms with Crippen molar-refractivity contribution in [2.45, 2.75) is 45.4 Å². The van der Waals surface area contributed by atoms with Crippen LogP contribution in [-0.2, 0) is 0 Å². The third kappa shape index (κ3) is 12.7. The molecule has 0 atom stereocenters. The van der Waals surface area contributed by atoms with E-state index in [1.807, 2.05) is 0 Å². The molecule has 0 saturated heterocycles. The lowest BCUT2D eigenvalue weighted by Crippen LogP contribution is -1.68. The normalized spacial score (nSPS) is 11.7. The molecule has 0 aliphatic carbocycles. The summed E-state index contributed by atoms with van der Waals surface area (Å²) in [6.45, 7) is 2.14. The van der Waals surface area contributed by atoms with Gasteiger partial charge in [-0.3, -0.25) is 0 Å². The second-order valence-electron chi connectivity index (χ2n) is 3.34. The van der Waals surface area contributed by atoms with Gasteiger partial charge in [0.25, 0.3) is 0 Å². The standard InChI is InChI=1S/C14H21N/c1-2-3-4-5-6-7-8-9-10-11-12-13-14-15/h3-4,6-7,9-10H,2,5,8,11-13H2,1H3/b4-3+,7-6+,10-9+. The van der Waals surface area contributed by atoms with E-state index in [0.29, 0.717) is 6.42 Å².